The lowest BCUT2D eigenvalue weighted by Gasteiger charge is -2.38. The van der Waals surface area contributed by atoms with Gasteiger partial charge in [-0.15, -0.1) is 0 Å². The lowest BCUT2D eigenvalue weighted by atomic mass is 10.0. The molecule has 3 heterocycles. The van der Waals surface area contributed by atoms with Crippen LogP contribution in [0.2, 0.25) is 0 Å². The van der Waals surface area contributed by atoms with Gasteiger partial charge < -0.3 is 14.4 Å². The number of benzene rings is 1. The van der Waals surface area contributed by atoms with E-state index in [1.165, 1.54) is 4.90 Å². The molecule has 1 aromatic rings. The number of ether oxygens (including phenoxy) is 2. The second-order valence-corrected chi connectivity index (χ2v) is 6.64. The fourth-order valence-corrected chi connectivity index (χ4v) is 3.88. The zero-order valence-corrected chi connectivity index (χ0v) is 14.1. The van der Waals surface area contributed by atoms with Gasteiger partial charge in [-0.3, -0.25) is 14.5 Å². The first-order chi connectivity index (χ1) is 12.2. The summed E-state index contributed by atoms with van der Waals surface area (Å²) in [5.74, 6) is -0.234. The molecule has 2 amide bonds. The van der Waals surface area contributed by atoms with Crippen molar-refractivity contribution in [1.29, 1.82) is 0 Å². The Morgan fingerprint density at radius 3 is 2.60 bits per heavy atom. The van der Waals surface area contributed by atoms with Crippen molar-refractivity contribution in [3.8, 4) is 0 Å². The highest BCUT2D eigenvalue weighted by Gasteiger charge is 2.38. The summed E-state index contributed by atoms with van der Waals surface area (Å²) in [5.41, 5.74) is 2.01. The van der Waals surface area contributed by atoms with Gasteiger partial charge in [0.15, 0.2) is 6.29 Å². The third-order valence-electron chi connectivity index (χ3n) is 5.16. The van der Waals surface area contributed by atoms with Gasteiger partial charge in [0.25, 0.3) is 5.91 Å². The fraction of sp³-hybridized carbons (Fsp3) is 0.474. The molecule has 132 valence electrons. The summed E-state index contributed by atoms with van der Waals surface area (Å²) < 4.78 is 11.2. The third kappa shape index (κ3) is 2.85. The van der Waals surface area contributed by atoms with Crippen LogP contribution in [-0.4, -0.2) is 60.2 Å². The number of hydrogen-bond acceptors (Lipinski definition) is 4. The van der Waals surface area contributed by atoms with E-state index in [1.807, 2.05) is 23.1 Å². The smallest absolute Gasteiger partial charge is 0.259 e. The molecule has 0 saturated carbocycles. The molecule has 1 aromatic carbocycles. The van der Waals surface area contributed by atoms with Gasteiger partial charge in [0.1, 0.15) is 6.54 Å². The molecule has 0 radical (unpaired) electrons. The Morgan fingerprint density at radius 2 is 1.88 bits per heavy atom. The fourth-order valence-electron chi connectivity index (χ4n) is 3.88. The molecule has 2 saturated heterocycles. The summed E-state index contributed by atoms with van der Waals surface area (Å²) in [7, 11) is 0. The lowest BCUT2D eigenvalue weighted by Crippen LogP contribution is -2.52. The van der Waals surface area contributed by atoms with Crippen molar-refractivity contribution in [3.05, 3.63) is 42.0 Å². The summed E-state index contributed by atoms with van der Waals surface area (Å²) in [6.45, 7) is 5.83. The Labute approximate surface area is 147 Å². The highest BCUT2D eigenvalue weighted by Crippen LogP contribution is 2.32. The molecule has 0 aromatic heterocycles. The Morgan fingerprint density at radius 1 is 1.16 bits per heavy atom. The molecule has 6 heteroatoms. The second kappa shape index (κ2) is 6.61. The maximum Gasteiger partial charge on any atom is 0.259 e. The van der Waals surface area contributed by atoms with Crippen LogP contribution in [0.1, 0.15) is 35.2 Å². The molecule has 0 spiro atoms. The quantitative estimate of drug-likeness (QED) is 0.841. The van der Waals surface area contributed by atoms with Gasteiger partial charge >= 0.3 is 0 Å². The minimum Gasteiger partial charge on any atom is -0.348 e. The van der Waals surface area contributed by atoms with Crippen LogP contribution in [0.5, 0.6) is 0 Å². The van der Waals surface area contributed by atoms with E-state index >= 15 is 0 Å². The van der Waals surface area contributed by atoms with E-state index in [9.17, 15) is 9.59 Å². The molecular weight excluding hydrogens is 320 g/mol. The number of likely N-dealkylation sites (tertiary alicyclic amines) is 1. The van der Waals surface area contributed by atoms with E-state index < -0.39 is 0 Å². The van der Waals surface area contributed by atoms with Gasteiger partial charge in [-0.1, -0.05) is 24.8 Å². The van der Waals surface area contributed by atoms with Crippen LogP contribution in [0.25, 0.3) is 5.70 Å². The van der Waals surface area contributed by atoms with Crippen LogP contribution in [0, 0.1) is 0 Å². The monoisotopic (exact) mass is 342 g/mol. The molecule has 0 N–H and O–H groups in total. The Hall–Kier alpha value is -2.18. The van der Waals surface area contributed by atoms with E-state index in [2.05, 4.69) is 6.58 Å². The number of hydrogen-bond donors (Lipinski definition) is 0. The highest BCUT2D eigenvalue weighted by molar-refractivity contribution is 6.10. The number of amides is 2. The predicted molar refractivity (Wildman–Crippen MR) is 91.6 cm³/mol. The minimum atomic E-state index is -0.348. The first-order valence-electron chi connectivity index (χ1n) is 8.79. The number of piperidine rings is 1. The zero-order valence-electron chi connectivity index (χ0n) is 14.1. The van der Waals surface area contributed by atoms with Crippen LogP contribution >= 0.6 is 0 Å². The van der Waals surface area contributed by atoms with Gasteiger partial charge in [-0.05, 0) is 25.3 Å². The number of rotatable bonds is 3. The maximum absolute atomic E-state index is 12.9. The molecule has 0 bridgehead atoms. The van der Waals surface area contributed by atoms with Gasteiger partial charge in [-0.2, -0.15) is 0 Å². The average molecular weight is 342 g/mol. The van der Waals surface area contributed by atoms with E-state index in [0.717, 1.165) is 24.8 Å². The van der Waals surface area contributed by atoms with Gasteiger partial charge in [0.2, 0.25) is 5.91 Å². The van der Waals surface area contributed by atoms with Crippen LogP contribution in [0.15, 0.2) is 30.8 Å². The molecule has 3 aliphatic heterocycles. The first-order valence-corrected chi connectivity index (χ1v) is 8.79. The Balaban J connectivity index is 1.49. The largest absolute Gasteiger partial charge is 0.348 e. The van der Waals surface area contributed by atoms with Crippen molar-refractivity contribution in [2.75, 3.05) is 26.3 Å². The normalized spacial score (nSPS) is 24.1. The number of carbonyl (C=O) groups excluding carboxylic acids is 2. The van der Waals surface area contributed by atoms with E-state index in [0.29, 0.717) is 31.0 Å². The van der Waals surface area contributed by atoms with Gasteiger partial charge in [0.05, 0.1) is 19.3 Å². The molecular formula is C19H22N2O4. The summed E-state index contributed by atoms with van der Waals surface area (Å²) in [6.07, 6.45) is 2.53. The molecule has 3 aliphatic rings. The standard InChI is InChI=1S/C19H22N2O4/c1-13-14-6-2-3-7-15(14)18(23)21(13)12-17(22)20-9-5-4-8-16(20)19-24-10-11-25-19/h2-3,6-7,16,19H,1,4-5,8-12H2. The summed E-state index contributed by atoms with van der Waals surface area (Å²) >= 11 is 0. The average Bonchev–Trinajstić information content (AvgIpc) is 3.26. The predicted octanol–water partition coefficient (Wildman–Crippen LogP) is 1.87. The van der Waals surface area contributed by atoms with Crippen molar-refractivity contribution in [3.63, 3.8) is 0 Å². The second-order valence-electron chi connectivity index (χ2n) is 6.64. The van der Waals surface area contributed by atoms with Gasteiger partial charge in [0, 0.05) is 23.4 Å². The van der Waals surface area contributed by atoms with Crippen molar-refractivity contribution in [2.24, 2.45) is 0 Å². The van der Waals surface area contributed by atoms with Crippen molar-refractivity contribution >= 4 is 17.5 Å². The number of nitrogens with zero attached hydrogens (tertiary/aromatic N) is 2. The number of fused-ring (bicyclic) bond motifs is 1. The number of carbonyl (C=O) groups is 2. The van der Waals surface area contributed by atoms with E-state index in [4.69, 9.17) is 9.47 Å². The zero-order chi connectivity index (χ0) is 17.4. The summed E-state index contributed by atoms with van der Waals surface area (Å²) in [6, 6.07) is 7.27. The minimum absolute atomic E-state index is 0.00949. The van der Waals surface area contributed by atoms with Crippen LogP contribution in [0.4, 0.5) is 0 Å². The van der Waals surface area contributed by atoms with E-state index in [-0.39, 0.29) is 30.7 Å². The third-order valence-corrected chi connectivity index (χ3v) is 5.16. The van der Waals surface area contributed by atoms with Crippen LogP contribution in [-0.2, 0) is 14.3 Å². The van der Waals surface area contributed by atoms with Crippen molar-refractivity contribution < 1.29 is 19.1 Å². The first kappa shape index (κ1) is 16.3. The maximum atomic E-state index is 12.9. The van der Waals surface area contributed by atoms with Crippen molar-refractivity contribution in [1.82, 2.24) is 9.80 Å². The summed E-state index contributed by atoms with van der Waals surface area (Å²) in [4.78, 5) is 28.9. The SMILES string of the molecule is C=C1c2ccccc2C(=O)N1CC(=O)N1CCCCC1C1OCCO1. The Kier molecular flexibility index (Phi) is 4.31. The van der Waals surface area contributed by atoms with Gasteiger partial charge in [-0.25, -0.2) is 0 Å². The van der Waals surface area contributed by atoms with Crippen LogP contribution in [0.3, 0.4) is 0 Å². The Bertz CT molecular complexity index is 676. The molecule has 25 heavy (non-hydrogen) atoms. The molecule has 6 nitrogen and oxygen atoms in total. The molecule has 4 rings (SSSR count). The molecule has 1 unspecified atom stereocenters. The summed E-state index contributed by atoms with van der Waals surface area (Å²) in [5, 5.41) is 0. The molecule has 2 fully saturated rings. The molecule has 0 aliphatic carbocycles. The molecule has 1 atom stereocenters. The van der Waals surface area contributed by atoms with Crippen LogP contribution < -0.4 is 0 Å². The van der Waals surface area contributed by atoms with E-state index in [1.54, 1.807) is 6.07 Å². The van der Waals surface area contributed by atoms with Crippen molar-refractivity contribution in [2.45, 2.75) is 31.6 Å². The highest BCUT2D eigenvalue weighted by atomic mass is 16.7. The lowest BCUT2D eigenvalue weighted by molar-refractivity contribution is -0.150. The topological polar surface area (TPSA) is 59.1 Å².